The number of piperidine rings is 1. The third kappa shape index (κ3) is 7.41. The molecule has 0 bridgehead atoms. The first kappa shape index (κ1) is 31.5. The van der Waals surface area contributed by atoms with Crippen LogP contribution >= 0.6 is 15.9 Å². The molecular weight excluding hydrogens is 647 g/mol. The molecule has 2 aromatic carbocycles. The zero-order valence-corrected chi connectivity index (χ0v) is 25.2. The van der Waals surface area contributed by atoms with Crippen LogP contribution in [0.4, 0.5) is 24.7 Å². The zero-order valence-electron chi connectivity index (χ0n) is 23.6. The average molecular weight is 679 g/mol. The number of carbonyl (C=O) groups is 2. The highest BCUT2D eigenvalue weighted by Crippen LogP contribution is 2.46. The van der Waals surface area contributed by atoms with E-state index in [1.165, 1.54) is 44.5 Å². The lowest BCUT2D eigenvalue weighted by molar-refractivity contribution is -0.159. The predicted molar refractivity (Wildman–Crippen MR) is 161 cm³/mol. The largest absolute Gasteiger partial charge is 0.492 e. The lowest BCUT2D eigenvalue weighted by Crippen LogP contribution is -2.31. The molecule has 3 N–H and O–H groups in total. The van der Waals surface area contributed by atoms with E-state index in [4.69, 9.17) is 24.5 Å². The number of benzene rings is 2. The van der Waals surface area contributed by atoms with Crippen LogP contribution in [0.15, 0.2) is 47.1 Å². The van der Waals surface area contributed by atoms with Gasteiger partial charge in [-0.1, -0.05) is 6.42 Å². The number of alkyl halides is 3. The van der Waals surface area contributed by atoms with E-state index in [1.54, 1.807) is 6.20 Å². The van der Waals surface area contributed by atoms with Crippen molar-refractivity contribution < 1.29 is 37.7 Å². The van der Waals surface area contributed by atoms with Crippen molar-refractivity contribution in [1.29, 1.82) is 0 Å². The predicted octanol–water partition coefficient (Wildman–Crippen LogP) is 6.85. The number of anilines is 2. The molecule has 14 heteroatoms. The lowest BCUT2D eigenvalue weighted by Gasteiger charge is -2.26. The van der Waals surface area contributed by atoms with Gasteiger partial charge in [-0.25, -0.2) is 9.59 Å². The maximum absolute atomic E-state index is 13.0. The summed E-state index contributed by atoms with van der Waals surface area (Å²) in [5, 5.41) is 28.4. The minimum atomic E-state index is -4.38. The van der Waals surface area contributed by atoms with Crippen molar-refractivity contribution in [2.75, 3.05) is 31.6 Å². The van der Waals surface area contributed by atoms with Gasteiger partial charge in [0.15, 0.2) is 5.82 Å². The summed E-state index contributed by atoms with van der Waals surface area (Å²) >= 11 is 3.71. The minimum absolute atomic E-state index is 0.390. The van der Waals surface area contributed by atoms with Crippen LogP contribution in [0.2, 0.25) is 0 Å². The number of aliphatic carboxylic acids is 2. The second kappa shape index (κ2) is 13.4. The Kier molecular flexibility index (Phi) is 9.59. The summed E-state index contributed by atoms with van der Waals surface area (Å²) in [5.41, 5.74) is 1.82. The molecule has 6 rings (SSSR count). The van der Waals surface area contributed by atoms with E-state index in [-0.39, 0.29) is 0 Å². The molecule has 3 heterocycles. The Morgan fingerprint density at radius 3 is 2.32 bits per heavy atom. The molecule has 44 heavy (non-hydrogen) atoms. The third-order valence-electron chi connectivity index (χ3n) is 7.56. The van der Waals surface area contributed by atoms with Crippen LogP contribution in [-0.4, -0.2) is 68.1 Å². The summed E-state index contributed by atoms with van der Waals surface area (Å²) in [5.74, 6) is -2.38. The van der Waals surface area contributed by atoms with E-state index >= 15 is 0 Å². The molecule has 1 saturated carbocycles. The Labute approximate surface area is 258 Å². The number of hydrogen-bond donors (Lipinski definition) is 3. The van der Waals surface area contributed by atoms with Gasteiger partial charge in [0, 0.05) is 23.7 Å². The quantitative estimate of drug-likeness (QED) is 0.135. The molecule has 2 aliphatic rings. The number of ether oxygens (including phenoxy) is 1. The molecule has 0 atom stereocenters. The fourth-order valence-corrected chi connectivity index (χ4v) is 5.80. The number of carboxylic acids is 2. The van der Waals surface area contributed by atoms with Gasteiger partial charge in [0.05, 0.1) is 39.3 Å². The number of nitrogens with one attached hydrogen (secondary N) is 1. The number of fused-ring (bicyclic) bond motifs is 3. The molecule has 10 nitrogen and oxygen atoms in total. The number of likely N-dealkylation sites (tertiary alicyclic amines) is 1. The Bertz CT molecular complexity index is 1640. The van der Waals surface area contributed by atoms with Crippen LogP contribution < -0.4 is 10.1 Å². The first-order valence-electron chi connectivity index (χ1n) is 14.3. The number of nitrogens with zero attached hydrogens (tertiary/aromatic N) is 4. The first-order chi connectivity index (χ1) is 21.0. The van der Waals surface area contributed by atoms with Gasteiger partial charge < -0.3 is 29.7 Å². The summed E-state index contributed by atoms with van der Waals surface area (Å²) in [6.45, 7) is 4.01. The molecule has 2 aromatic heterocycles. The van der Waals surface area contributed by atoms with Crippen molar-refractivity contribution in [1.82, 2.24) is 19.7 Å². The summed E-state index contributed by atoms with van der Waals surface area (Å²) in [4.78, 5) is 20.7. The van der Waals surface area contributed by atoms with Gasteiger partial charge in [-0.2, -0.15) is 18.3 Å². The summed E-state index contributed by atoms with van der Waals surface area (Å²) < 4.78 is 48.5. The van der Waals surface area contributed by atoms with E-state index in [0.29, 0.717) is 24.2 Å². The summed E-state index contributed by atoms with van der Waals surface area (Å²) in [7, 11) is 0. The fraction of sp³-hybridized carbons (Fsp3) is 0.400. The summed E-state index contributed by atoms with van der Waals surface area (Å²) in [6, 6.07) is 9.48. The van der Waals surface area contributed by atoms with Gasteiger partial charge in [-0.3, -0.25) is 0 Å². The Balaban J connectivity index is 0.000000584. The van der Waals surface area contributed by atoms with Gasteiger partial charge in [-0.15, -0.1) is 5.10 Å². The molecule has 0 spiro atoms. The van der Waals surface area contributed by atoms with E-state index in [1.807, 2.05) is 6.07 Å². The first-order valence-corrected chi connectivity index (χ1v) is 15.1. The van der Waals surface area contributed by atoms with Crippen molar-refractivity contribution in [3.63, 3.8) is 0 Å². The molecule has 2 fully saturated rings. The van der Waals surface area contributed by atoms with Crippen LogP contribution in [0.25, 0.3) is 21.8 Å². The van der Waals surface area contributed by atoms with Gasteiger partial charge in [0.25, 0.3) is 0 Å². The van der Waals surface area contributed by atoms with E-state index < -0.39 is 23.7 Å². The zero-order chi connectivity index (χ0) is 31.4. The van der Waals surface area contributed by atoms with Crippen LogP contribution in [0.3, 0.4) is 0 Å². The Morgan fingerprint density at radius 1 is 1.02 bits per heavy atom. The highest BCUT2D eigenvalue weighted by molar-refractivity contribution is 9.10. The maximum Gasteiger partial charge on any atom is 0.416 e. The van der Waals surface area contributed by atoms with Crippen LogP contribution in [-0.2, 0) is 15.8 Å². The van der Waals surface area contributed by atoms with Gasteiger partial charge in [0.2, 0.25) is 0 Å². The van der Waals surface area contributed by atoms with E-state index in [2.05, 4.69) is 47.0 Å². The van der Waals surface area contributed by atoms with Crippen molar-refractivity contribution in [2.24, 2.45) is 0 Å². The molecule has 1 aliphatic heterocycles. The number of aromatic nitrogens is 3. The highest BCUT2D eigenvalue weighted by atomic mass is 79.9. The number of carboxylic acid groups (broad SMARTS) is 2. The van der Waals surface area contributed by atoms with Crippen LogP contribution in [0.5, 0.6) is 5.75 Å². The summed E-state index contributed by atoms with van der Waals surface area (Å²) in [6.07, 6.45) is 4.41. The Hall–Kier alpha value is -3.91. The second-order valence-electron chi connectivity index (χ2n) is 10.8. The SMILES string of the molecule is FC(F)(F)c1ccc(Nc2nncc3c2c2cc(OCCCN4CCCCC4)c(Br)cc2n3C2CC2)cc1.O=C(O)C(=O)O. The second-order valence-corrected chi connectivity index (χ2v) is 11.6. The molecule has 1 aliphatic carbocycles. The number of rotatable bonds is 8. The normalized spacial score (nSPS) is 15.5. The van der Waals surface area contributed by atoms with Crippen molar-refractivity contribution in [3.8, 4) is 5.75 Å². The lowest BCUT2D eigenvalue weighted by atomic mass is 10.1. The van der Waals surface area contributed by atoms with Gasteiger partial charge in [0.1, 0.15) is 5.75 Å². The molecule has 1 saturated heterocycles. The Morgan fingerprint density at radius 2 is 1.70 bits per heavy atom. The van der Waals surface area contributed by atoms with E-state index in [9.17, 15) is 13.2 Å². The van der Waals surface area contributed by atoms with Crippen LogP contribution in [0, 0.1) is 0 Å². The topological polar surface area (TPSA) is 130 Å². The minimum Gasteiger partial charge on any atom is -0.492 e. The smallest absolute Gasteiger partial charge is 0.416 e. The standard InChI is InChI=1S/C28H29BrF3N5O.C2H2O4/c29-22-16-23-21(15-25(22)38-14-4-13-36-11-2-1-3-12-36)26-24(37(23)20-9-10-20)17-33-35-27(26)34-19-7-5-18(6-8-19)28(30,31)32;3-1(4)2(5)6/h5-8,15-17,20H,1-4,9-14H2,(H,34,35);(H,3,4)(H,5,6). The van der Waals surface area contributed by atoms with E-state index in [0.717, 1.165) is 70.0 Å². The third-order valence-corrected chi connectivity index (χ3v) is 8.18. The molecule has 0 amide bonds. The fourth-order valence-electron chi connectivity index (χ4n) is 5.35. The number of halogens is 4. The van der Waals surface area contributed by atoms with Gasteiger partial charge >= 0.3 is 18.1 Å². The van der Waals surface area contributed by atoms with Gasteiger partial charge in [-0.05, 0) is 97.5 Å². The molecule has 0 radical (unpaired) electrons. The average Bonchev–Trinajstić information content (AvgIpc) is 3.78. The van der Waals surface area contributed by atoms with Crippen molar-refractivity contribution >= 4 is 61.2 Å². The molecular formula is C30H31BrF3N5O5. The maximum atomic E-state index is 13.0. The van der Waals surface area contributed by atoms with Crippen LogP contribution in [0.1, 0.15) is 50.1 Å². The number of hydrogen-bond acceptors (Lipinski definition) is 7. The highest BCUT2D eigenvalue weighted by Gasteiger charge is 2.31. The molecule has 234 valence electrons. The molecule has 0 unspecified atom stereocenters. The molecule has 4 aromatic rings. The monoisotopic (exact) mass is 677 g/mol. The van der Waals surface area contributed by atoms with Crippen molar-refractivity contribution in [2.45, 2.75) is 50.7 Å². The van der Waals surface area contributed by atoms with Crippen molar-refractivity contribution in [3.05, 3.63) is 52.6 Å².